The van der Waals surface area contributed by atoms with Crippen molar-refractivity contribution >= 4 is 11.6 Å². The molecule has 1 saturated heterocycles. The van der Waals surface area contributed by atoms with E-state index in [1.165, 1.54) is 0 Å². The van der Waals surface area contributed by atoms with E-state index < -0.39 is 0 Å². The van der Waals surface area contributed by atoms with Crippen molar-refractivity contribution in [1.82, 2.24) is 4.90 Å². The largest absolute Gasteiger partial charge is 0.493 e. The molecule has 0 spiro atoms. The maximum Gasteiger partial charge on any atom is 0.258 e. The van der Waals surface area contributed by atoms with E-state index in [-0.39, 0.29) is 12.0 Å². The predicted octanol–water partition coefficient (Wildman–Crippen LogP) is 4.36. The summed E-state index contributed by atoms with van der Waals surface area (Å²) in [7, 11) is 4.05. The van der Waals surface area contributed by atoms with Crippen molar-refractivity contribution in [3.63, 3.8) is 0 Å². The maximum atomic E-state index is 13.5. The van der Waals surface area contributed by atoms with E-state index in [1.807, 2.05) is 43.3 Å². The van der Waals surface area contributed by atoms with Crippen LogP contribution in [0.15, 0.2) is 48.5 Å². The Morgan fingerprint density at radius 1 is 1.14 bits per heavy atom. The highest BCUT2D eigenvalue weighted by Gasteiger charge is 2.25. The minimum Gasteiger partial charge on any atom is -0.493 e. The van der Waals surface area contributed by atoms with Crippen molar-refractivity contribution in [1.29, 1.82) is 0 Å². The van der Waals surface area contributed by atoms with Gasteiger partial charge in [0.25, 0.3) is 5.91 Å². The van der Waals surface area contributed by atoms with Crippen LogP contribution in [0.4, 0.5) is 5.69 Å². The van der Waals surface area contributed by atoms with Gasteiger partial charge in [0.15, 0.2) is 0 Å². The molecule has 1 unspecified atom stereocenters. The fraction of sp³-hybridized carbons (Fsp3) is 0.458. The Kier molecular flexibility index (Phi) is 7.53. The van der Waals surface area contributed by atoms with Gasteiger partial charge >= 0.3 is 0 Å². The van der Waals surface area contributed by atoms with Crippen molar-refractivity contribution in [3.05, 3.63) is 59.7 Å². The zero-order valence-electron chi connectivity index (χ0n) is 17.8. The molecule has 0 N–H and O–H groups in total. The number of hydrogen-bond donors (Lipinski definition) is 0. The van der Waals surface area contributed by atoms with Crippen LogP contribution in [0.25, 0.3) is 0 Å². The second kappa shape index (κ2) is 10.3. The Morgan fingerprint density at radius 2 is 1.90 bits per heavy atom. The number of anilines is 1. The van der Waals surface area contributed by atoms with E-state index in [0.29, 0.717) is 31.0 Å². The number of carbonyl (C=O) groups is 1. The van der Waals surface area contributed by atoms with Crippen LogP contribution >= 0.6 is 0 Å². The molecule has 5 nitrogen and oxygen atoms in total. The van der Waals surface area contributed by atoms with Crippen LogP contribution in [0, 0.1) is 0 Å². The van der Waals surface area contributed by atoms with Gasteiger partial charge in [0.1, 0.15) is 5.75 Å². The SMILES string of the molecule is CCCOc1ccccc1C(=O)N(Cc1ccc(N(C)C)cc1)CC1CCCO1. The second-order valence-electron chi connectivity index (χ2n) is 7.73. The summed E-state index contributed by atoms with van der Waals surface area (Å²) in [5.41, 5.74) is 2.86. The first-order valence-electron chi connectivity index (χ1n) is 10.5. The second-order valence-corrected chi connectivity index (χ2v) is 7.73. The molecule has 0 aliphatic carbocycles. The summed E-state index contributed by atoms with van der Waals surface area (Å²) in [4.78, 5) is 17.4. The van der Waals surface area contributed by atoms with Gasteiger partial charge in [-0.3, -0.25) is 4.79 Å². The molecule has 1 fully saturated rings. The molecule has 1 heterocycles. The van der Waals surface area contributed by atoms with Crippen LogP contribution in [0.2, 0.25) is 0 Å². The van der Waals surface area contributed by atoms with Crippen molar-refractivity contribution < 1.29 is 14.3 Å². The van der Waals surface area contributed by atoms with Gasteiger partial charge in [-0.2, -0.15) is 0 Å². The molecule has 156 valence electrons. The quantitative estimate of drug-likeness (QED) is 0.631. The Bertz CT molecular complexity index is 783. The summed E-state index contributed by atoms with van der Waals surface area (Å²) >= 11 is 0. The molecule has 0 bridgehead atoms. The molecule has 1 atom stereocenters. The average Bonchev–Trinajstić information content (AvgIpc) is 3.25. The van der Waals surface area contributed by atoms with E-state index >= 15 is 0 Å². The number of rotatable bonds is 9. The zero-order chi connectivity index (χ0) is 20.6. The van der Waals surface area contributed by atoms with Crippen LogP contribution in [0.3, 0.4) is 0 Å². The molecule has 0 saturated carbocycles. The number of benzene rings is 2. The molecular weight excluding hydrogens is 364 g/mol. The molecule has 29 heavy (non-hydrogen) atoms. The highest BCUT2D eigenvalue weighted by atomic mass is 16.5. The third kappa shape index (κ3) is 5.73. The number of hydrogen-bond acceptors (Lipinski definition) is 4. The van der Waals surface area contributed by atoms with Crippen LogP contribution < -0.4 is 9.64 Å². The lowest BCUT2D eigenvalue weighted by atomic mass is 10.1. The molecule has 1 aliphatic rings. The molecule has 0 radical (unpaired) electrons. The van der Waals surface area contributed by atoms with Crippen LogP contribution in [-0.2, 0) is 11.3 Å². The first kappa shape index (κ1) is 21.2. The summed E-state index contributed by atoms with van der Waals surface area (Å²) < 4.78 is 11.7. The first-order valence-corrected chi connectivity index (χ1v) is 10.5. The van der Waals surface area contributed by atoms with Crippen molar-refractivity contribution in [2.45, 2.75) is 38.8 Å². The van der Waals surface area contributed by atoms with Gasteiger partial charge in [-0.25, -0.2) is 0 Å². The number of para-hydroxylation sites is 1. The normalized spacial score (nSPS) is 15.9. The summed E-state index contributed by atoms with van der Waals surface area (Å²) in [6.07, 6.45) is 3.06. The van der Waals surface area contributed by atoms with Crippen LogP contribution in [0.1, 0.15) is 42.1 Å². The van der Waals surface area contributed by atoms with Gasteiger partial charge in [-0.15, -0.1) is 0 Å². The maximum absolute atomic E-state index is 13.5. The van der Waals surface area contributed by atoms with E-state index in [1.54, 1.807) is 0 Å². The van der Waals surface area contributed by atoms with E-state index in [2.05, 4.69) is 36.1 Å². The fourth-order valence-electron chi connectivity index (χ4n) is 3.52. The third-order valence-corrected chi connectivity index (χ3v) is 5.14. The number of amides is 1. The lowest BCUT2D eigenvalue weighted by molar-refractivity contribution is 0.0504. The van der Waals surface area contributed by atoms with Crippen molar-refractivity contribution in [2.75, 3.05) is 38.8 Å². The minimum absolute atomic E-state index is 0.0103. The van der Waals surface area contributed by atoms with Crippen LogP contribution in [-0.4, -0.2) is 50.8 Å². The lowest BCUT2D eigenvalue weighted by Gasteiger charge is -2.27. The van der Waals surface area contributed by atoms with E-state index in [0.717, 1.165) is 37.1 Å². The van der Waals surface area contributed by atoms with Gasteiger partial charge in [0.2, 0.25) is 0 Å². The minimum atomic E-state index is -0.0103. The molecule has 5 heteroatoms. The molecule has 2 aromatic rings. The molecule has 2 aromatic carbocycles. The topological polar surface area (TPSA) is 42.0 Å². The molecule has 1 amide bonds. The molecule has 3 rings (SSSR count). The van der Waals surface area contributed by atoms with Gasteiger partial charge in [0, 0.05) is 39.5 Å². The predicted molar refractivity (Wildman–Crippen MR) is 117 cm³/mol. The Labute approximate surface area is 174 Å². The lowest BCUT2D eigenvalue weighted by Crippen LogP contribution is -2.37. The van der Waals surface area contributed by atoms with Gasteiger partial charge < -0.3 is 19.3 Å². The smallest absolute Gasteiger partial charge is 0.258 e. The summed E-state index contributed by atoms with van der Waals surface area (Å²) in [6, 6.07) is 15.9. The average molecular weight is 397 g/mol. The standard InChI is InChI=1S/C24H32N2O3/c1-4-15-29-23-10-6-5-9-22(23)24(27)26(18-21-8-7-16-28-21)17-19-11-13-20(14-12-19)25(2)3/h5-6,9-14,21H,4,7-8,15-18H2,1-3H3. The summed E-state index contributed by atoms with van der Waals surface area (Å²) in [5, 5.41) is 0. The van der Waals surface area contributed by atoms with E-state index in [9.17, 15) is 4.79 Å². The van der Waals surface area contributed by atoms with Crippen molar-refractivity contribution in [2.24, 2.45) is 0 Å². The highest BCUT2D eigenvalue weighted by Crippen LogP contribution is 2.24. The monoisotopic (exact) mass is 396 g/mol. The number of carbonyl (C=O) groups excluding carboxylic acids is 1. The summed E-state index contributed by atoms with van der Waals surface area (Å²) in [6.45, 7) is 4.58. The molecular formula is C24H32N2O3. The van der Waals surface area contributed by atoms with Gasteiger partial charge in [0.05, 0.1) is 18.3 Å². The zero-order valence-corrected chi connectivity index (χ0v) is 17.8. The number of nitrogens with zero attached hydrogens (tertiary/aromatic N) is 2. The van der Waals surface area contributed by atoms with Crippen molar-refractivity contribution in [3.8, 4) is 5.75 Å². The first-order chi connectivity index (χ1) is 14.1. The number of ether oxygens (including phenoxy) is 2. The van der Waals surface area contributed by atoms with Gasteiger partial charge in [-0.1, -0.05) is 31.2 Å². The third-order valence-electron chi connectivity index (χ3n) is 5.14. The fourth-order valence-corrected chi connectivity index (χ4v) is 3.52. The Morgan fingerprint density at radius 3 is 2.55 bits per heavy atom. The molecule has 1 aliphatic heterocycles. The molecule has 0 aromatic heterocycles. The Hall–Kier alpha value is -2.53. The highest BCUT2D eigenvalue weighted by molar-refractivity contribution is 5.97. The van der Waals surface area contributed by atoms with Crippen LogP contribution in [0.5, 0.6) is 5.75 Å². The Balaban J connectivity index is 1.82. The van der Waals surface area contributed by atoms with Gasteiger partial charge in [-0.05, 0) is 49.1 Å². The van der Waals surface area contributed by atoms with E-state index in [4.69, 9.17) is 9.47 Å². The summed E-state index contributed by atoms with van der Waals surface area (Å²) in [5.74, 6) is 0.642.